The number of methoxy groups -OCH3 is 1. The summed E-state index contributed by atoms with van der Waals surface area (Å²) in [5.74, 6) is -5.93. The molecule has 1 aliphatic heterocycles. The minimum atomic E-state index is -1.35. The number of anilines is 1. The number of aliphatic hydroxyl groups is 2. The minimum Gasteiger partial charge on any atom is -0.497 e. The van der Waals surface area contributed by atoms with E-state index in [4.69, 9.17) is 9.47 Å². The standard InChI is InChI=1S/C27H27F2N3O7/c1-38-15-5-2-13(3-6-15)12-39-27(37)31-30-19-11-21(33)24(34)22-16(19)7-8-17-23(22)26(36)32(25(17)35)20-9-4-14(28)10-18(20)29/h2-6,9-10,16-17,21-24,33-34H,7-8,11-12H2,1H3,(H,31,37)/b30-19-/t16-,17-,21-,22+,23+,24-/m1/s1. The first-order valence-corrected chi connectivity index (χ1v) is 12.5. The summed E-state index contributed by atoms with van der Waals surface area (Å²) in [4.78, 5) is 39.6. The topological polar surface area (TPSA) is 138 Å². The van der Waals surface area contributed by atoms with E-state index in [1.807, 2.05) is 0 Å². The lowest BCUT2D eigenvalue weighted by Crippen LogP contribution is -2.55. The summed E-state index contributed by atoms with van der Waals surface area (Å²) in [5.41, 5.74) is 3.01. The van der Waals surface area contributed by atoms with Gasteiger partial charge in [0.05, 0.1) is 36.8 Å². The minimum absolute atomic E-state index is 0.0236. The molecule has 3 fully saturated rings. The van der Waals surface area contributed by atoms with Crippen LogP contribution < -0.4 is 15.1 Å². The molecule has 0 spiro atoms. The number of hydrazone groups is 1. The van der Waals surface area contributed by atoms with Crippen LogP contribution >= 0.6 is 0 Å². The van der Waals surface area contributed by atoms with Gasteiger partial charge in [-0.3, -0.25) is 9.59 Å². The number of carbonyl (C=O) groups is 3. The van der Waals surface area contributed by atoms with E-state index in [0.29, 0.717) is 28.8 Å². The fourth-order valence-corrected chi connectivity index (χ4v) is 5.92. The smallest absolute Gasteiger partial charge is 0.428 e. The number of halogens is 2. The van der Waals surface area contributed by atoms with E-state index in [-0.39, 0.29) is 25.1 Å². The molecule has 0 bridgehead atoms. The Hall–Kier alpha value is -3.90. The second-order valence-corrected chi connectivity index (χ2v) is 9.90. The highest BCUT2D eigenvalue weighted by Crippen LogP contribution is 2.50. The molecule has 3 N–H and O–H groups in total. The predicted molar refractivity (Wildman–Crippen MR) is 132 cm³/mol. The van der Waals surface area contributed by atoms with Crippen LogP contribution in [-0.4, -0.2) is 53.2 Å². The number of rotatable bonds is 5. The lowest BCUT2D eigenvalue weighted by molar-refractivity contribution is -0.132. The number of hydrogen-bond donors (Lipinski definition) is 3. The molecule has 2 aromatic rings. The van der Waals surface area contributed by atoms with Crippen LogP contribution in [0.25, 0.3) is 0 Å². The Balaban J connectivity index is 1.32. The first-order valence-electron chi connectivity index (χ1n) is 12.5. The molecule has 10 nitrogen and oxygen atoms in total. The molecule has 5 rings (SSSR count). The summed E-state index contributed by atoms with van der Waals surface area (Å²) >= 11 is 0. The van der Waals surface area contributed by atoms with Crippen LogP contribution in [0.1, 0.15) is 24.8 Å². The first kappa shape index (κ1) is 26.7. The molecule has 0 unspecified atom stereocenters. The van der Waals surface area contributed by atoms with Crippen LogP contribution in [0.15, 0.2) is 47.6 Å². The number of aliphatic hydroxyl groups excluding tert-OH is 2. The predicted octanol–water partition coefficient (Wildman–Crippen LogP) is 2.51. The highest BCUT2D eigenvalue weighted by molar-refractivity contribution is 6.22. The number of hydrogen-bond acceptors (Lipinski definition) is 8. The normalized spacial score (nSPS) is 29.2. The van der Waals surface area contributed by atoms with Crippen molar-refractivity contribution >= 4 is 29.3 Å². The molecule has 3 aliphatic rings. The van der Waals surface area contributed by atoms with Gasteiger partial charge < -0.3 is 19.7 Å². The first-order chi connectivity index (χ1) is 18.7. The zero-order chi connectivity index (χ0) is 27.8. The molecule has 3 amide bonds. The van der Waals surface area contributed by atoms with Crippen LogP contribution in [0.3, 0.4) is 0 Å². The zero-order valence-corrected chi connectivity index (χ0v) is 20.9. The number of fused-ring (bicyclic) bond motifs is 3. The van der Waals surface area contributed by atoms with Gasteiger partial charge >= 0.3 is 6.09 Å². The highest BCUT2D eigenvalue weighted by Gasteiger charge is 2.60. The molecule has 2 aromatic carbocycles. The molecule has 0 aromatic heterocycles. The van der Waals surface area contributed by atoms with Crippen molar-refractivity contribution in [3.8, 4) is 5.75 Å². The average molecular weight is 544 g/mol. The second-order valence-electron chi connectivity index (χ2n) is 9.90. The maximum absolute atomic E-state index is 14.5. The highest BCUT2D eigenvalue weighted by atomic mass is 19.1. The van der Waals surface area contributed by atoms with Gasteiger partial charge in [-0.05, 0) is 42.7 Å². The van der Waals surface area contributed by atoms with E-state index in [1.54, 1.807) is 24.3 Å². The lowest BCUT2D eigenvalue weighted by atomic mass is 9.60. The summed E-state index contributed by atoms with van der Waals surface area (Å²) < 4.78 is 38.2. The summed E-state index contributed by atoms with van der Waals surface area (Å²) in [6.45, 7) is -0.0236. The molecule has 6 atom stereocenters. The third-order valence-corrected chi connectivity index (χ3v) is 7.75. The van der Waals surface area contributed by atoms with Crippen LogP contribution in [-0.2, 0) is 20.9 Å². The molecular weight excluding hydrogens is 516 g/mol. The average Bonchev–Trinajstić information content (AvgIpc) is 3.18. The van der Waals surface area contributed by atoms with E-state index in [1.165, 1.54) is 7.11 Å². The summed E-state index contributed by atoms with van der Waals surface area (Å²) in [7, 11) is 1.54. The molecule has 1 saturated heterocycles. The van der Waals surface area contributed by atoms with E-state index in [2.05, 4.69) is 10.5 Å². The van der Waals surface area contributed by atoms with Crippen LogP contribution in [0.5, 0.6) is 5.75 Å². The van der Waals surface area contributed by atoms with E-state index in [9.17, 15) is 33.4 Å². The van der Waals surface area contributed by atoms with Gasteiger partial charge in [-0.25, -0.2) is 23.9 Å². The van der Waals surface area contributed by atoms with Gasteiger partial charge in [-0.2, -0.15) is 5.10 Å². The van der Waals surface area contributed by atoms with Crippen molar-refractivity contribution in [2.75, 3.05) is 12.0 Å². The van der Waals surface area contributed by atoms with Crippen molar-refractivity contribution in [3.05, 3.63) is 59.7 Å². The molecule has 12 heteroatoms. The Labute approximate surface area is 222 Å². The fraction of sp³-hybridized carbons (Fsp3) is 0.407. The maximum atomic E-state index is 14.5. The summed E-state index contributed by atoms with van der Waals surface area (Å²) in [5, 5.41) is 25.6. The number of nitrogens with one attached hydrogen (secondary N) is 1. The van der Waals surface area contributed by atoms with Crippen LogP contribution in [0, 0.1) is 35.3 Å². The maximum Gasteiger partial charge on any atom is 0.428 e. The Morgan fingerprint density at radius 2 is 1.79 bits per heavy atom. The van der Waals surface area contributed by atoms with Gasteiger partial charge in [0.1, 0.15) is 24.0 Å². The van der Waals surface area contributed by atoms with Crippen molar-refractivity contribution in [2.24, 2.45) is 28.8 Å². The van der Waals surface area contributed by atoms with Gasteiger partial charge in [0.25, 0.3) is 0 Å². The fourth-order valence-electron chi connectivity index (χ4n) is 5.92. The molecule has 206 valence electrons. The number of imide groups is 1. The monoisotopic (exact) mass is 543 g/mol. The second kappa shape index (κ2) is 10.7. The summed E-state index contributed by atoms with van der Waals surface area (Å²) in [6, 6.07) is 9.49. The van der Waals surface area contributed by atoms with E-state index < -0.39 is 65.4 Å². The lowest BCUT2D eigenvalue weighted by Gasteiger charge is -2.45. The van der Waals surface area contributed by atoms with Crippen molar-refractivity contribution in [2.45, 2.75) is 38.1 Å². The molecule has 2 saturated carbocycles. The number of amides is 3. The van der Waals surface area contributed by atoms with Gasteiger partial charge in [0, 0.05) is 30.0 Å². The summed E-state index contributed by atoms with van der Waals surface area (Å²) in [6.07, 6.45) is -2.96. The molecule has 1 heterocycles. The van der Waals surface area contributed by atoms with Crippen molar-refractivity contribution in [3.63, 3.8) is 0 Å². The zero-order valence-electron chi connectivity index (χ0n) is 20.9. The van der Waals surface area contributed by atoms with Crippen LogP contribution in [0.2, 0.25) is 0 Å². The van der Waals surface area contributed by atoms with E-state index in [0.717, 1.165) is 17.7 Å². The Morgan fingerprint density at radius 3 is 2.49 bits per heavy atom. The number of carbonyl (C=O) groups excluding carboxylic acids is 3. The SMILES string of the molecule is COc1ccc(COC(=O)N/N=C2/C[C@@H](O)[C@@H](O)[C@@H]3[C@H]4C(=O)N(c5ccc(F)cc5F)C(=O)[C@@H]4CC[C@H]23)cc1. The van der Waals surface area contributed by atoms with Crippen molar-refractivity contribution < 1.29 is 42.9 Å². The largest absolute Gasteiger partial charge is 0.497 e. The third kappa shape index (κ3) is 4.97. The van der Waals surface area contributed by atoms with Gasteiger partial charge in [-0.1, -0.05) is 12.1 Å². The van der Waals surface area contributed by atoms with Gasteiger partial charge in [0.2, 0.25) is 11.8 Å². The molecule has 39 heavy (non-hydrogen) atoms. The number of benzene rings is 2. The molecule has 0 radical (unpaired) electrons. The number of ether oxygens (including phenoxy) is 2. The van der Waals surface area contributed by atoms with Crippen LogP contribution in [0.4, 0.5) is 19.3 Å². The van der Waals surface area contributed by atoms with Crippen molar-refractivity contribution in [1.82, 2.24) is 5.43 Å². The van der Waals surface area contributed by atoms with Gasteiger partial charge in [0.15, 0.2) is 0 Å². The third-order valence-electron chi connectivity index (χ3n) is 7.75. The quantitative estimate of drug-likeness (QED) is 0.389. The van der Waals surface area contributed by atoms with E-state index >= 15 is 0 Å². The molecule has 2 aliphatic carbocycles. The van der Waals surface area contributed by atoms with Crippen molar-refractivity contribution in [1.29, 1.82) is 0 Å². The Bertz CT molecular complexity index is 1320. The Morgan fingerprint density at radius 1 is 1.08 bits per heavy atom. The Kier molecular flexibility index (Phi) is 7.32. The molecular formula is C27H27F2N3O7. The number of nitrogens with zero attached hydrogens (tertiary/aromatic N) is 2. The van der Waals surface area contributed by atoms with Gasteiger partial charge in [-0.15, -0.1) is 0 Å².